The van der Waals surface area contributed by atoms with E-state index in [0.29, 0.717) is 19.6 Å². The Balaban J connectivity index is 0.000000633. The van der Waals surface area contributed by atoms with E-state index in [0.717, 1.165) is 52.2 Å². The lowest BCUT2D eigenvalue weighted by molar-refractivity contribution is -0.192. The fourth-order valence-corrected chi connectivity index (χ4v) is 4.16. The van der Waals surface area contributed by atoms with Crippen LogP contribution in [0.2, 0.25) is 0 Å². The summed E-state index contributed by atoms with van der Waals surface area (Å²) in [6.07, 6.45) is -2.78. The van der Waals surface area contributed by atoms with Gasteiger partial charge in [0.05, 0.1) is 6.26 Å². The van der Waals surface area contributed by atoms with Gasteiger partial charge in [-0.25, -0.2) is 17.5 Å². The largest absolute Gasteiger partial charge is 0.490 e. The first-order valence-electron chi connectivity index (χ1n) is 10.5. The van der Waals surface area contributed by atoms with Crippen LogP contribution in [-0.2, 0) is 19.6 Å². The number of rotatable bonds is 8. The second-order valence-electron chi connectivity index (χ2n) is 7.84. The molecule has 0 saturated carbocycles. The van der Waals surface area contributed by atoms with Gasteiger partial charge in [0.1, 0.15) is 0 Å². The molecule has 188 valence electrons. The number of halogens is 3. The lowest BCUT2D eigenvalue weighted by atomic mass is 10.3. The highest BCUT2D eigenvalue weighted by molar-refractivity contribution is 7.88. The summed E-state index contributed by atoms with van der Waals surface area (Å²) in [5, 5.41) is 10.3. The predicted octanol–water partition coefficient (Wildman–Crippen LogP) is -0.659. The Labute approximate surface area is 187 Å². The molecule has 2 aliphatic heterocycles. The minimum absolute atomic E-state index is 0.0502. The summed E-state index contributed by atoms with van der Waals surface area (Å²) < 4.78 is 57.2. The molecule has 0 aliphatic carbocycles. The summed E-state index contributed by atoms with van der Waals surface area (Å²) >= 11 is 0. The molecule has 10 nitrogen and oxygen atoms in total. The van der Waals surface area contributed by atoms with Gasteiger partial charge in [-0.1, -0.05) is 0 Å². The average Bonchev–Trinajstić information content (AvgIpc) is 2.71. The number of carboxylic acids is 1. The van der Waals surface area contributed by atoms with E-state index in [2.05, 4.69) is 22.2 Å². The SMILES string of the molecule is CN1CCN(CCCN(CCC(=O)N2CCNCC2)S(C)(=O)=O)CC1.O=C(O)C(F)(F)F. The Morgan fingerprint density at radius 2 is 1.56 bits per heavy atom. The first kappa shape index (κ1) is 28.6. The molecule has 2 aliphatic rings. The third kappa shape index (κ3) is 11.4. The summed E-state index contributed by atoms with van der Waals surface area (Å²) in [6.45, 7) is 8.93. The Hall–Kier alpha value is -1.48. The molecule has 0 unspecified atom stereocenters. The molecule has 2 fully saturated rings. The second-order valence-corrected chi connectivity index (χ2v) is 9.83. The van der Waals surface area contributed by atoms with Crippen LogP contribution < -0.4 is 5.32 Å². The van der Waals surface area contributed by atoms with Gasteiger partial charge in [0, 0.05) is 71.9 Å². The molecule has 0 spiro atoms. The van der Waals surface area contributed by atoms with Crippen molar-refractivity contribution >= 4 is 21.9 Å². The second kappa shape index (κ2) is 13.3. The van der Waals surface area contributed by atoms with E-state index >= 15 is 0 Å². The molecule has 0 atom stereocenters. The van der Waals surface area contributed by atoms with Crippen LogP contribution in [0.5, 0.6) is 0 Å². The molecule has 2 rings (SSSR count). The average molecular weight is 490 g/mol. The van der Waals surface area contributed by atoms with E-state index in [9.17, 15) is 26.4 Å². The molecule has 2 heterocycles. The third-order valence-electron chi connectivity index (χ3n) is 5.23. The van der Waals surface area contributed by atoms with Crippen molar-refractivity contribution in [2.45, 2.75) is 19.0 Å². The Kier molecular flexibility index (Phi) is 11.9. The van der Waals surface area contributed by atoms with Gasteiger partial charge in [-0.3, -0.25) is 4.79 Å². The van der Waals surface area contributed by atoms with E-state index in [4.69, 9.17) is 9.90 Å². The number of alkyl halides is 3. The van der Waals surface area contributed by atoms with Crippen molar-refractivity contribution in [1.82, 2.24) is 24.3 Å². The highest BCUT2D eigenvalue weighted by Crippen LogP contribution is 2.13. The van der Waals surface area contributed by atoms with Crippen LogP contribution in [0.15, 0.2) is 0 Å². The maximum Gasteiger partial charge on any atom is 0.490 e. The van der Waals surface area contributed by atoms with Crippen molar-refractivity contribution in [3.8, 4) is 0 Å². The van der Waals surface area contributed by atoms with Crippen molar-refractivity contribution in [1.29, 1.82) is 0 Å². The highest BCUT2D eigenvalue weighted by atomic mass is 32.2. The first-order valence-corrected chi connectivity index (χ1v) is 12.3. The van der Waals surface area contributed by atoms with Crippen molar-refractivity contribution < 1.29 is 36.3 Å². The molecule has 14 heteroatoms. The normalized spacial score (nSPS) is 18.9. The van der Waals surface area contributed by atoms with Gasteiger partial charge >= 0.3 is 12.1 Å². The van der Waals surface area contributed by atoms with Crippen LogP contribution in [0.25, 0.3) is 0 Å². The van der Waals surface area contributed by atoms with Crippen molar-refractivity contribution in [2.24, 2.45) is 0 Å². The van der Waals surface area contributed by atoms with Crippen LogP contribution in [0.3, 0.4) is 0 Å². The topological polar surface area (TPSA) is 114 Å². The number of carbonyl (C=O) groups is 2. The number of nitrogens with zero attached hydrogens (tertiary/aromatic N) is 4. The van der Waals surface area contributed by atoms with Gasteiger partial charge < -0.3 is 25.1 Å². The minimum Gasteiger partial charge on any atom is -0.475 e. The van der Waals surface area contributed by atoms with Gasteiger partial charge in [-0.15, -0.1) is 0 Å². The Bertz CT molecular complexity index is 694. The van der Waals surface area contributed by atoms with E-state index in [1.54, 1.807) is 0 Å². The zero-order chi connectivity index (χ0) is 24.4. The molecule has 2 N–H and O–H groups in total. The van der Waals surface area contributed by atoms with Crippen LogP contribution >= 0.6 is 0 Å². The number of nitrogens with one attached hydrogen (secondary N) is 1. The third-order valence-corrected chi connectivity index (χ3v) is 6.54. The van der Waals surface area contributed by atoms with Gasteiger partial charge in [0.15, 0.2) is 0 Å². The van der Waals surface area contributed by atoms with Crippen LogP contribution in [0, 0.1) is 0 Å². The first-order chi connectivity index (χ1) is 14.8. The van der Waals surface area contributed by atoms with E-state index in [-0.39, 0.29) is 18.9 Å². The zero-order valence-electron chi connectivity index (χ0n) is 18.6. The predicted molar refractivity (Wildman–Crippen MR) is 113 cm³/mol. The number of carbonyl (C=O) groups excluding carboxylic acids is 1. The van der Waals surface area contributed by atoms with Crippen LogP contribution in [0.4, 0.5) is 13.2 Å². The quantitative estimate of drug-likeness (QED) is 0.462. The number of aliphatic carboxylic acids is 1. The zero-order valence-corrected chi connectivity index (χ0v) is 19.4. The standard InChI is InChI=1S/C16H33N5O3S.C2HF3O2/c1-18-12-14-19(15-13-18)7-3-8-21(25(2,23)24)9-4-16(22)20-10-5-17-6-11-20;3-2(4,5)1(6)7/h17H,3-15H2,1-2H3;(H,6,7). The fourth-order valence-electron chi connectivity index (χ4n) is 3.28. The van der Waals surface area contributed by atoms with Crippen molar-refractivity contribution in [3.63, 3.8) is 0 Å². The van der Waals surface area contributed by atoms with Crippen LogP contribution in [-0.4, -0.2) is 136 Å². The van der Waals surface area contributed by atoms with E-state index in [1.165, 1.54) is 10.6 Å². The molecule has 0 radical (unpaired) electrons. The molecule has 0 aromatic rings. The van der Waals surface area contributed by atoms with Gasteiger partial charge in [-0.2, -0.15) is 13.2 Å². The number of sulfonamides is 1. The molecule has 0 bridgehead atoms. The minimum atomic E-state index is -5.08. The van der Waals surface area contributed by atoms with E-state index < -0.39 is 22.2 Å². The number of piperazine rings is 2. The molecule has 0 aromatic heterocycles. The summed E-state index contributed by atoms with van der Waals surface area (Å²) in [6, 6.07) is 0. The maximum absolute atomic E-state index is 12.2. The summed E-state index contributed by atoms with van der Waals surface area (Å²) in [5.74, 6) is -2.71. The van der Waals surface area contributed by atoms with E-state index in [1.807, 2.05) is 4.90 Å². The Morgan fingerprint density at radius 3 is 2.03 bits per heavy atom. The number of amides is 1. The molecule has 2 saturated heterocycles. The number of likely N-dealkylation sites (N-methyl/N-ethyl adjacent to an activating group) is 1. The molecule has 1 amide bonds. The summed E-state index contributed by atoms with van der Waals surface area (Å²) in [4.78, 5) is 27.6. The fraction of sp³-hybridized carbons (Fsp3) is 0.889. The molecular weight excluding hydrogens is 455 g/mol. The lowest BCUT2D eigenvalue weighted by Gasteiger charge is -2.32. The van der Waals surface area contributed by atoms with Gasteiger partial charge in [0.25, 0.3) is 0 Å². The summed E-state index contributed by atoms with van der Waals surface area (Å²) in [5.41, 5.74) is 0. The van der Waals surface area contributed by atoms with Gasteiger partial charge in [-0.05, 0) is 20.0 Å². The van der Waals surface area contributed by atoms with Crippen molar-refractivity contribution in [2.75, 3.05) is 85.3 Å². The molecular formula is C18H34F3N5O5S. The molecule has 32 heavy (non-hydrogen) atoms. The number of hydrogen-bond donors (Lipinski definition) is 2. The molecule has 0 aromatic carbocycles. The lowest BCUT2D eigenvalue weighted by Crippen LogP contribution is -2.47. The number of carboxylic acid groups (broad SMARTS) is 1. The smallest absolute Gasteiger partial charge is 0.475 e. The van der Waals surface area contributed by atoms with Crippen LogP contribution in [0.1, 0.15) is 12.8 Å². The maximum atomic E-state index is 12.2. The Morgan fingerprint density at radius 1 is 1.03 bits per heavy atom. The highest BCUT2D eigenvalue weighted by Gasteiger charge is 2.38. The van der Waals surface area contributed by atoms with Crippen molar-refractivity contribution in [3.05, 3.63) is 0 Å². The van der Waals surface area contributed by atoms with Gasteiger partial charge in [0.2, 0.25) is 15.9 Å². The number of hydrogen-bond acceptors (Lipinski definition) is 7. The monoisotopic (exact) mass is 489 g/mol. The summed E-state index contributed by atoms with van der Waals surface area (Å²) in [7, 11) is -1.16.